The third-order valence-electron chi connectivity index (χ3n) is 3.87. The van der Waals surface area contributed by atoms with Gasteiger partial charge in [-0.2, -0.15) is 0 Å². The molecule has 3 nitrogen and oxygen atoms in total. The highest BCUT2D eigenvalue weighted by atomic mass is 79.9. The van der Waals surface area contributed by atoms with E-state index in [1.807, 2.05) is 11.8 Å². The highest BCUT2D eigenvalue weighted by Crippen LogP contribution is 2.37. The van der Waals surface area contributed by atoms with Crippen molar-refractivity contribution in [1.82, 2.24) is 5.32 Å². The molecule has 0 aliphatic carbocycles. The molecule has 2 aromatic carbocycles. The molecule has 0 aromatic heterocycles. The number of halogens is 1. The molecule has 0 amide bonds. The van der Waals surface area contributed by atoms with Crippen LogP contribution in [0.25, 0.3) is 0 Å². The molecule has 0 atom stereocenters. The monoisotopic (exact) mass is 396 g/mol. The summed E-state index contributed by atoms with van der Waals surface area (Å²) in [5.74, 6) is 0. The molecule has 0 spiro atoms. The summed E-state index contributed by atoms with van der Waals surface area (Å²) in [5, 5.41) is 3.42. The smallest absolute Gasteiger partial charge is 0.0508 e. The van der Waals surface area contributed by atoms with Crippen molar-refractivity contribution in [2.75, 3.05) is 31.1 Å². The normalized spacial score (nSPS) is 13.9. The lowest BCUT2D eigenvalue weighted by Crippen LogP contribution is -2.43. The first kappa shape index (κ1) is 20.0. The lowest BCUT2D eigenvalue weighted by atomic mass is 10.2. The lowest BCUT2D eigenvalue weighted by molar-refractivity contribution is 0.587. The van der Waals surface area contributed by atoms with Crippen LogP contribution >= 0.6 is 28.7 Å². The van der Waals surface area contributed by atoms with E-state index in [4.69, 9.17) is 0 Å². The molecule has 1 fully saturated rings. The maximum atomic E-state index is 3.42. The third-order valence-corrected chi connectivity index (χ3v) is 5.12. The number of para-hydroxylation sites is 1. The van der Waals surface area contributed by atoms with Crippen molar-refractivity contribution in [2.24, 2.45) is 0 Å². The van der Waals surface area contributed by atoms with E-state index in [-0.39, 0.29) is 22.5 Å². The topological polar surface area (TPSA) is 46.8 Å². The molecule has 1 aliphatic heterocycles. The van der Waals surface area contributed by atoms with Gasteiger partial charge in [0.1, 0.15) is 0 Å². The molecule has 0 saturated carbocycles. The predicted molar refractivity (Wildman–Crippen MR) is 105 cm³/mol. The van der Waals surface area contributed by atoms with E-state index in [1.165, 1.54) is 26.6 Å². The van der Waals surface area contributed by atoms with Crippen molar-refractivity contribution in [3.8, 4) is 0 Å². The highest BCUT2D eigenvalue weighted by molar-refractivity contribution is 8.93. The molecule has 3 rings (SSSR count). The van der Waals surface area contributed by atoms with Crippen LogP contribution in [0.1, 0.15) is 11.1 Å². The predicted octanol–water partition coefficient (Wildman–Crippen LogP) is 3.62. The second-order valence-corrected chi connectivity index (χ2v) is 6.66. The van der Waals surface area contributed by atoms with Gasteiger partial charge in [0.15, 0.2) is 0 Å². The van der Waals surface area contributed by atoms with Crippen molar-refractivity contribution in [2.45, 2.75) is 23.6 Å². The Hall–Kier alpha value is -1.01. The molecule has 3 N–H and O–H groups in total. The van der Waals surface area contributed by atoms with Crippen molar-refractivity contribution in [3.63, 3.8) is 0 Å². The minimum absolute atomic E-state index is 0. The fourth-order valence-corrected chi connectivity index (χ4v) is 3.78. The van der Waals surface area contributed by atoms with Crippen LogP contribution in [0, 0.1) is 13.8 Å². The van der Waals surface area contributed by atoms with Crippen molar-refractivity contribution in [3.05, 3.63) is 53.6 Å². The fraction of sp³-hybridized carbons (Fsp3) is 0.333. The van der Waals surface area contributed by atoms with Gasteiger partial charge in [-0.1, -0.05) is 41.6 Å². The second-order valence-electron chi connectivity index (χ2n) is 5.58. The number of nitrogens with one attached hydrogen (secondary N) is 1. The van der Waals surface area contributed by atoms with Gasteiger partial charge < -0.3 is 15.7 Å². The van der Waals surface area contributed by atoms with Crippen LogP contribution in [-0.2, 0) is 0 Å². The Morgan fingerprint density at radius 2 is 1.65 bits per heavy atom. The Kier molecular flexibility index (Phi) is 8.12. The van der Waals surface area contributed by atoms with Gasteiger partial charge in [-0.25, -0.2) is 0 Å². The number of hydrogen-bond acceptors (Lipinski definition) is 3. The van der Waals surface area contributed by atoms with Crippen LogP contribution in [0.2, 0.25) is 0 Å². The minimum Gasteiger partial charge on any atom is -0.412 e. The largest absolute Gasteiger partial charge is 0.412 e. The number of piperazine rings is 1. The average molecular weight is 397 g/mol. The van der Waals surface area contributed by atoms with Gasteiger partial charge in [0, 0.05) is 36.0 Å². The van der Waals surface area contributed by atoms with Crippen LogP contribution in [0.5, 0.6) is 0 Å². The van der Waals surface area contributed by atoms with Crippen LogP contribution in [0.3, 0.4) is 0 Å². The number of aryl methyl sites for hydroxylation is 2. The molecule has 1 saturated heterocycles. The quantitative estimate of drug-likeness (QED) is 0.861. The zero-order chi connectivity index (χ0) is 14.7. The standard InChI is InChI=1S/C18H22N2S.BrH.H2O/c1-14-7-8-17(15(2)13-14)21-18-6-4-3-5-16(18)20-11-9-19-10-12-20;;/h3-8,13,19H,9-12H2,1-2H3;1H;1H2. The number of benzene rings is 2. The molecule has 1 heterocycles. The van der Waals surface area contributed by atoms with Gasteiger partial charge in [0.25, 0.3) is 0 Å². The maximum absolute atomic E-state index is 3.42. The first-order valence-electron chi connectivity index (χ1n) is 7.54. The van der Waals surface area contributed by atoms with Gasteiger partial charge in [0.05, 0.1) is 5.69 Å². The van der Waals surface area contributed by atoms with Crippen LogP contribution < -0.4 is 10.2 Å². The van der Waals surface area contributed by atoms with Crippen LogP contribution in [0.15, 0.2) is 52.3 Å². The Labute approximate surface area is 153 Å². The summed E-state index contributed by atoms with van der Waals surface area (Å²) in [6.07, 6.45) is 0. The van der Waals surface area contributed by atoms with E-state index < -0.39 is 0 Å². The van der Waals surface area contributed by atoms with E-state index in [0.717, 1.165) is 26.2 Å². The van der Waals surface area contributed by atoms with Crippen molar-refractivity contribution >= 4 is 34.4 Å². The summed E-state index contributed by atoms with van der Waals surface area (Å²) in [5.41, 5.74) is 4.05. The Balaban J connectivity index is 0.00000132. The van der Waals surface area contributed by atoms with Crippen molar-refractivity contribution in [1.29, 1.82) is 0 Å². The van der Waals surface area contributed by atoms with E-state index in [9.17, 15) is 0 Å². The Bertz CT molecular complexity index is 630. The van der Waals surface area contributed by atoms with Crippen LogP contribution in [0.4, 0.5) is 5.69 Å². The third kappa shape index (κ3) is 4.98. The number of anilines is 1. The fourth-order valence-electron chi connectivity index (χ4n) is 2.74. The molecule has 2 aromatic rings. The van der Waals surface area contributed by atoms with Gasteiger partial charge >= 0.3 is 0 Å². The summed E-state index contributed by atoms with van der Waals surface area (Å²) in [6.45, 7) is 8.67. The molecular formula is C18H25BrN2OS. The molecule has 0 radical (unpaired) electrons. The first-order valence-corrected chi connectivity index (χ1v) is 8.35. The summed E-state index contributed by atoms with van der Waals surface area (Å²) in [6, 6.07) is 15.5. The average Bonchev–Trinajstić information content (AvgIpc) is 2.51. The zero-order valence-corrected chi connectivity index (χ0v) is 16.2. The molecule has 23 heavy (non-hydrogen) atoms. The van der Waals surface area contributed by atoms with E-state index in [1.54, 1.807) is 0 Å². The van der Waals surface area contributed by atoms with Gasteiger partial charge in [-0.15, -0.1) is 17.0 Å². The van der Waals surface area contributed by atoms with Crippen molar-refractivity contribution < 1.29 is 5.48 Å². The minimum atomic E-state index is 0. The molecule has 0 unspecified atom stereocenters. The SMILES string of the molecule is Br.Cc1ccc(Sc2ccccc2N2CCNCC2)c(C)c1.O. The maximum Gasteiger partial charge on any atom is 0.0508 e. The molecular weight excluding hydrogens is 372 g/mol. The molecule has 0 bridgehead atoms. The zero-order valence-electron chi connectivity index (χ0n) is 13.6. The highest BCUT2D eigenvalue weighted by Gasteiger charge is 2.14. The molecule has 1 aliphatic rings. The Morgan fingerprint density at radius 1 is 0.957 bits per heavy atom. The lowest BCUT2D eigenvalue weighted by Gasteiger charge is -2.31. The molecule has 5 heteroatoms. The summed E-state index contributed by atoms with van der Waals surface area (Å²) in [7, 11) is 0. The first-order chi connectivity index (χ1) is 10.2. The Morgan fingerprint density at radius 3 is 2.35 bits per heavy atom. The van der Waals surface area contributed by atoms with Crippen LogP contribution in [-0.4, -0.2) is 31.7 Å². The second kappa shape index (κ2) is 9.33. The number of nitrogens with zero attached hydrogens (tertiary/aromatic N) is 1. The van der Waals surface area contributed by atoms with Gasteiger partial charge in [-0.05, 0) is 37.6 Å². The van der Waals surface area contributed by atoms with Gasteiger partial charge in [0.2, 0.25) is 0 Å². The van der Waals surface area contributed by atoms with Gasteiger partial charge in [-0.3, -0.25) is 0 Å². The summed E-state index contributed by atoms with van der Waals surface area (Å²) >= 11 is 1.88. The molecule has 126 valence electrons. The van der Waals surface area contributed by atoms with E-state index in [0.29, 0.717) is 0 Å². The summed E-state index contributed by atoms with van der Waals surface area (Å²) in [4.78, 5) is 5.19. The van der Waals surface area contributed by atoms with E-state index in [2.05, 4.69) is 66.5 Å². The van der Waals surface area contributed by atoms with E-state index >= 15 is 0 Å². The summed E-state index contributed by atoms with van der Waals surface area (Å²) < 4.78 is 0. The number of hydrogen-bond donors (Lipinski definition) is 1. The number of rotatable bonds is 3.